The van der Waals surface area contributed by atoms with Crippen molar-refractivity contribution in [3.63, 3.8) is 0 Å². The zero-order chi connectivity index (χ0) is 13.9. The van der Waals surface area contributed by atoms with Crippen molar-refractivity contribution in [2.75, 3.05) is 11.4 Å². The van der Waals surface area contributed by atoms with E-state index in [1.807, 2.05) is 12.1 Å². The number of hydrogen-bond donors (Lipinski definition) is 0. The lowest BCUT2D eigenvalue weighted by molar-refractivity contribution is 0.981. The van der Waals surface area contributed by atoms with E-state index in [4.69, 9.17) is 11.6 Å². The lowest BCUT2D eigenvalue weighted by Gasteiger charge is -2.23. The minimum atomic E-state index is 0.452. The summed E-state index contributed by atoms with van der Waals surface area (Å²) in [5, 5.41) is 2.86. The molecule has 0 fully saturated rings. The first kappa shape index (κ1) is 12.9. The smallest absolute Gasteiger partial charge is 0.137 e. The third kappa shape index (κ3) is 2.32. The molecule has 0 bridgehead atoms. The summed E-state index contributed by atoms with van der Waals surface area (Å²) < 4.78 is 0. The molecule has 4 heteroatoms. The van der Waals surface area contributed by atoms with Crippen LogP contribution in [0.3, 0.4) is 0 Å². The van der Waals surface area contributed by atoms with Crippen LogP contribution in [0.2, 0.25) is 5.15 Å². The average molecular weight is 284 g/mol. The van der Waals surface area contributed by atoms with Crippen LogP contribution < -0.4 is 4.90 Å². The second-order valence-corrected chi connectivity index (χ2v) is 4.83. The van der Waals surface area contributed by atoms with Crippen molar-refractivity contribution in [3.05, 3.63) is 60.0 Å². The molecule has 0 saturated carbocycles. The third-order valence-corrected chi connectivity index (χ3v) is 3.48. The minimum Gasteiger partial charge on any atom is -0.326 e. The van der Waals surface area contributed by atoms with Crippen LogP contribution >= 0.6 is 11.6 Å². The standard InChI is InChI=1S/C16H14ClN3/c1-2-20(16-10-15(17)18-11-19-16)14-9-5-7-12-6-3-4-8-13(12)14/h3-11H,2H2,1H3. The summed E-state index contributed by atoms with van der Waals surface area (Å²) in [6.07, 6.45) is 1.49. The highest BCUT2D eigenvalue weighted by molar-refractivity contribution is 6.29. The number of nitrogens with zero attached hydrogens (tertiary/aromatic N) is 3. The highest BCUT2D eigenvalue weighted by Crippen LogP contribution is 2.31. The molecule has 3 aromatic rings. The molecule has 0 unspecified atom stereocenters. The van der Waals surface area contributed by atoms with Gasteiger partial charge in [0.25, 0.3) is 0 Å². The molecule has 0 aliphatic heterocycles. The predicted molar refractivity (Wildman–Crippen MR) is 83.7 cm³/mol. The Hall–Kier alpha value is -2.13. The summed E-state index contributed by atoms with van der Waals surface area (Å²) in [5.41, 5.74) is 1.13. The van der Waals surface area contributed by atoms with Gasteiger partial charge in [0.1, 0.15) is 17.3 Å². The molecule has 0 aliphatic rings. The number of benzene rings is 2. The molecule has 2 aromatic carbocycles. The Labute approximate surface area is 122 Å². The molecule has 100 valence electrons. The maximum absolute atomic E-state index is 5.97. The van der Waals surface area contributed by atoms with Gasteiger partial charge in [-0.25, -0.2) is 9.97 Å². The Morgan fingerprint density at radius 2 is 1.85 bits per heavy atom. The van der Waals surface area contributed by atoms with Gasteiger partial charge in [-0.15, -0.1) is 0 Å². The van der Waals surface area contributed by atoms with E-state index in [1.54, 1.807) is 6.07 Å². The zero-order valence-electron chi connectivity index (χ0n) is 11.1. The first-order chi connectivity index (χ1) is 9.79. The second-order valence-electron chi connectivity index (χ2n) is 4.44. The van der Waals surface area contributed by atoms with E-state index in [-0.39, 0.29) is 0 Å². The van der Waals surface area contributed by atoms with Crippen LogP contribution in [0.4, 0.5) is 11.5 Å². The highest BCUT2D eigenvalue weighted by Gasteiger charge is 2.12. The number of hydrogen-bond acceptors (Lipinski definition) is 3. The van der Waals surface area contributed by atoms with Crippen molar-refractivity contribution >= 4 is 33.9 Å². The molecule has 0 aliphatic carbocycles. The Kier molecular flexibility index (Phi) is 3.52. The van der Waals surface area contributed by atoms with Crippen molar-refractivity contribution in [3.8, 4) is 0 Å². The molecular formula is C16H14ClN3. The molecule has 3 nitrogen and oxygen atoms in total. The van der Waals surface area contributed by atoms with Gasteiger partial charge in [0.2, 0.25) is 0 Å². The van der Waals surface area contributed by atoms with Crippen LogP contribution in [-0.4, -0.2) is 16.5 Å². The van der Waals surface area contributed by atoms with Crippen molar-refractivity contribution in [2.24, 2.45) is 0 Å². The van der Waals surface area contributed by atoms with Gasteiger partial charge in [-0.05, 0) is 18.4 Å². The molecule has 1 aromatic heterocycles. The fourth-order valence-electron chi connectivity index (χ4n) is 2.37. The Morgan fingerprint density at radius 1 is 1.05 bits per heavy atom. The number of anilines is 2. The first-order valence-electron chi connectivity index (χ1n) is 6.52. The summed E-state index contributed by atoms with van der Waals surface area (Å²) >= 11 is 5.97. The molecule has 0 saturated heterocycles. The molecule has 0 N–H and O–H groups in total. The van der Waals surface area contributed by atoms with Gasteiger partial charge in [-0.2, -0.15) is 0 Å². The molecular weight excluding hydrogens is 270 g/mol. The van der Waals surface area contributed by atoms with Crippen LogP contribution in [0.1, 0.15) is 6.92 Å². The lowest BCUT2D eigenvalue weighted by Crippen LogP contribution is -2.17. The molecule has 0 atom stereocenters. The van der Waals surface area contributed by atoms with E-state index < -0.39 is 0 Å². The van der Waals surface area contributed by atoms with Crippen LogP contribution in [0.5, 0.6) is 0 Å². The maximum atomic E-state index is 5.97. The predicted octanol–water partition coefficient (Wildman–Crippen LogP) is 4.44. The molecule has 1 heterocycles. The summed E-state index contributed by atoms with van der Waals surface area (Å²) in [7, 11) is 0. The first-order valence-corrected chi connectivity index (χ1v) is 6.90. The normalized spacial score (nSPS) is 10.7. The van der Waals surface area contributed by atoms with Crippen molar-refractivity contribution in [1.29, 1.82) is 0 Å². The van der Waals surface area contributed by atoms with Gasteiger partial charge < -0.3 is 4.90 Å². The quantitative estimate of drug-likeness (QED) is 0.665. The fraction of sp³-hybridized carbons (Fsp3) is 0.125. The SMILES string of the molecule is CCN(c1cc(Cl)ncn1)c1cccc2ccccc12. The summed E-state index contributed by atoms with van der Waals surface area (Å²) in [5.74, 6) is 0.809. The van der Waals surface area contributed by atoms with Crippen LogP contribution in [-0.2, 0) is 0 Å². The number of halogens is 1. The zero-order valence-corrected chi connectivity index (χ0v) is 11.9. The summed E-state index contributed by atoms with van der Waals surface area (Å²) in [4.78, 5) is 10.4. The monoisotopic (exact) mass is 283 g/mol. The fourth-order valence-corrected chi connectivity index (χ4v) is 2.51. The van der Waals surface area contributed by atoms with Gasteiger partial charge in [0, 0.05) is 18.0 Å². The van der Waals surface area contributed by atoms with E-state index in [1.165, 1.54) is 17.1 Å². The van der Waals surface area contributed by atoms with Crippen LogP contribution in [0, 0.1) is 0 Å². The van der Waals surface area contributed by atoms with E-state index in [0.29, 0.717) is 5.15 Å². The Bertz CT molecular complexity index is 737. The van der Waals surface area contributed by atoms with Crippen molar-refractivity contribution < 1.29 is 0 Å². The number of rotatable bonds is 3. The average Bonchev–Trinajstić information content (AvgIpc) is 2.48. The second kappa shape index (κ2) is 5.47. The Balaban J connectivity index is 2.17. The highest BCUT2D eigenvalue weighted by atomic mass is 35.5. The van der Waals surface area contributed by atoms with E-state index in [2.05, 4.69) is 52.1 Å². The van der Waals surface area contributed by atoms with Crippen LogP contribution in [0.15, 0.2) is 54.9 Å². The summed E-state index contributed by atoms with van der Waals surface area (Å²) in [6, 6.07) is 16.4. The van der Waals surface area contributed by atoms with E-state index in [0.717, 1.165) is 18.1 Å². The van der Waals surface area contributed by atoms with Gasteiger partial charge in [-0.1, -0.05) is 48.0 Å². The lowest BCUT2D eigenvalue weighted by atomic mass is 10.1. The maximum Gasteiger partial charge on any atom is 0.137 e. The third-order valence-electron chi connectivity index (χ3n) is 3.27. The molecule has 3 rings (SSSR count). The largest absolute Gasteiger partial charge is 0.326 e. The molecule has 0 radical (unpaired) electrons. The number of fused-ring (bicyclic) bond motifs is 1. The van der Waals surface area contributed by atoms with Crippen LogP contribution in [0.25, 0.3) is 10.8 Å². The topological polar surface area (TPSA) is 29.0 Å². The summed E-state index contributed by atoms with van der Waals surface area (Å²) in [6.45, 7) is 2.90. The van der Waals surface area contributed by atoms with Crippen molar-refractivity contribution in [1.82, 2.24) is 9.97 Å². The number of aromatic nitrogens is 2. The molecule has 0 amide bonds. The Morgan fingerprint density at radius 3 is 2.65 bits per heavy atom. The van der Waals surface area contributed by atoms with Gasteiger partial charge in [0.15, 0.2) is 0 Å². The van der Waals surface area contributed by atoms with Gasteiger partial charge in [0.05, 0.1) is 5.69 Å². The van der Waals surface area contributed by atoms with E-state index >= 15 is 0 Å². The molecule has 0 spiro atoms. The van der Waals surface area contributed by atoms with Gasteiger partial charge >= 0.3 is 0 Å². The minimum absolute atomic E-state index is 0.452. The molecule has 20 heavy (non-hydrogen) atoms. The van der Waals surface area contributed by atoms with E-state index in [9.17, 15) is 0 Å². The van der Waals surface area contributed by atoms with Gasteiger partial charge in [-0.3, -0.25) is 0 Å². The van der Waals surface area contributed by atoms with Crippen molar-refractivity contribution in [2.45, 2.75) is 6.92 Å².